The smallest absolute Gasteiger partial charge is 0.269 e. The predicted molar refractivity (Wildman–Crippen MR) is 67.6 cm³/mol. The van der Waals surface area contributed by atoms with E-state index in [0.29, 0.717) is 12.2 Å². The van der Waals surface area contributed by atoms with Gasteiger partial charge in [0, 0.05) is 6.54 Å². The minimum absolute atomic E-state index is 0.151. The Hall–Kier alpha value is -2.30. The summed E-state index contributed by atoms with van der Waals surface area (Å²) in [6, 6.07) is 7.77. The van der Waals surface area contributed by atoms with Crippen molar-refractivity contribution in [3.05, 3.63) is 48.0 Å². The van der Waals surface area contributed by atoms with Crippen LogP contribution in [0.4, 0.5) is 0 Å². The van der Waals surface area contributed by atoms with E-state index >= 15 is 0 Å². The molecule has 0 fully saturated rings. The minimum atomic E-state index is -0.151. The van der Waals surface area contributed by atoms with Crippen molar-refractivity contribution in [2.45, 2.75) is 6.42 Å². The zero-order valence-corrected chi connectivity index (χ0v) is 10.1. The summed E-state index contributed by atoms with van der Waals surface area (Å²) >= 11 is 0. The van der Waals surface area contributed by atoms with Crippen LogP contribution in [-0.2, 0) is 6.42 Å². The molecule has 1 amide bonds. The first-order valence-electron chi connectivity index (χ1n) is 5.69. The van der Waals surface area contributed by atoms with Gasteiger partial charge in [-0.3, -0.25) is 4.79 Å². The fourth-order valence-electron chi connectivity index (χ4n) is 1.70. The van der Waals surface area contributed by atoms with E-state index in [-0.39, 0.29) is 5.91 Å². The van der Waals surface area contributed by atoms with Crippen molar-refractivity contribution in [1.29, 1.82) is 0 Å². The number of hydrogen-bond acceptors (Lipinski definition) is 3. The lowest BCUT2D eigenvalue weighted by molar-refractivity contribution is 0.0949. The number of aromatic nitrogens is 2. The summed E-state index contributed by atoms with van der Waals surface area (Å²) in [5.74, 6) is 0.690. The van der Waals surface area contributed by atoms with E-state index in [4.69, 9.17) is 4.74 Å². The molecule has 0 spiro atoms. The number of benzene rings is 1. The topological polar surface area (TPSA) is 67.0 Å². The van der Waals surface area contributed by atoms with Gasteiger partial charge in [0.2, 0.25) is 0 Å². The third kappa shape index (κ3) is 2.88. The average Bonchev–Trinajstić information content (AvgIpc) is 2.93. The normalized spacial score (nSPS) is 10.1. The van der Waals surface area contributed by atoms with Gasteiger partial charge in [-0.2, -0.15) is 0 Å². The van der Waals surface area contributed by atoms with Crippen molar-refractivity contribution in [2.75, 3.05) is 13.7 Å². The number of ether oxygens (including phenoxy) is 1. The quantitative estimate of drug-likeness (QED) is 0.836. The van der Waals surface area contributed by atoms with Crippen LogP contribution in [0.3, 0.4) is 0 Å². The zero-order chi connectivity index (χ0) is 12.8. The summed E-state index contributed by atoms with van der Waals surface area (Å²) in [7, 11) is 1.64. The molecule has 5 heteroatoms. The summed E-state index contributed by atoms with van der Waals surface area (Å²) in [5.41, 5.74) is 1.54. The summed E-state index contributed by atoms with van der Waals surface area (Å²) in [4.78, 5) is 18.2. The number of imidazole rings is 1. The number of carbonyl (C=O) groups is 1. The van der Waals surface area contributed by atoms with Crippen molar-refractivity contribution in [3.63, 3.8) is 0 Å². The van der Waals surface area contributed by atoms with Crippen LogP contribution in [0.25, 0.3) is 0 Å². The van der Waals surface area contributed by atoms with Gasteiger partial charge >= 0.3 is 0 Å². The molecule has 2 rings (SSSR count). The molecular formula is C13H15N3O2. The Morgan fingerprint density at radius 3 is 3.00 bits per heavy atom. The molecule has 0 radical (unpaired) electrons. The number of para-hydroxylation sites is 1. The molecule has 1 heterocycles. The van der Waals surface area contributed by atoms with Crippen LogP contribution in [0.5, 0.6) is 5.75 Å². The maximum absolute atomic E-state index is 11.6. The van der Waals surface area contributed by atoms with Crippen LogP contribution >= 0.6 is 0 Å². The number of nitrogens with zero attached hydrogens (tertiary/aromatic N) is 1. The van der Waals surface area contributed by atoms with Crippen LogP contribution < -0.4 is 10.1 Å². The molecule has 18 heavy (non-hydrogen) atoms. The third-order valence-electron chi connectivity index (χ3n) is 2.62. The highest BCUT2D eigenvalue weighted by Crippen LogP contribution is 2.17. The Bertz CT molecular complexity index is 509. The van der Waals surface area contributed by atoms with Crippen molar-refractivity contribution in [1.82, 2.24) is 15.3 Å². The molecule has 94 valence electrons. The van der Waals surface area contributed by atoms with Gasteiger partial charge < -0.3 is 15.0 Å². The highest BCUT2D eigenvalue weighted by Gasteiger charge is 2.06. The van der Waals surface area contributed by atoms with Crippen LogP contribution in [-0.4, -0.2) is 29.5 Å². The van der Waals surface area contributed by atoms with Crippen LogP contribution in [0.1, 0.15) is 16.1 Å². The standard InChI is InChI=1S/C13H15N3O2/c1-18-12-5-3-2-4-10(12)6-7-15-13(17)11-8-14-9-16-11/h2-5,8-9H,6-7H2,1H3,(H,14,16)(H,15,17). The highest BCUT2D eigenvalue weighted by atomic mass is 16.5. The largest absolute Gasteiger partial charge is 0.496 e. The van der Waals surface area contributed by atoms with Crippen molar-refractivity contribution >= 4 is 5.91 Å². The predicted octanol–water partition coefficient (Wildman–Crippen LogP) is 1.39. The first kappa shape index (κ1) is 12.2. The fourth-order valence-corrected chi connectivity index (χ4v) is 1.70. The van der Waals surface area contributed by atoms with E-state index in [1.54, 1.807) is 7.11 Å². The maximum Gasteiger partial charge on any atom is 0.269 e. The van der Waals surface area contributed by atoms with Crippen molar-refractivity contribution in [3.8, 4) is 5.75 Å². The molecule has 0 aliphatic heterocycles. The molecule has 0 aliphatic carbocycles. The number of rotatable bonds is 5. The van der Waals surface area contributed by atoms with Gasteiger partial charge in [-0.05, 0) is 18.1 Å². The molecule has 2 aromatic rings. The van der Waals surface area contributed by atoms with Crippen LogP contribution in [0, 0.1) is 0 Å². The average molecular weight is 245 g/mol. The molecule has 0 aliphatic rings. The van der Waals surface area contributed by atoms with Gasteiger partial charge in [0.15, 0.2) is 0 Å². The third-order valence-corrected chi connectivity index (χ3v) is 2.62. The summed E-state index contributed by atoms with van der Waals surface area (Å²) in [6.07, 6.45) is 3.71. The summed E-state index contributed by atoms with van der Waals surface area (Å²) < 4.78 is 5.25. The molecule has 0 saturated heterocycles. The van der Waals surface area contributed by atoms with E-state index < -0.39 is 0 Å². The van der Waals surface area contributed by atoms with Crippen LogP contribution in [0.2, 0.25) is 0 Å². The Morgan fingerprint density at radius 1 is 1.44 bits per heavy atom. The summed E-state index contributed by atoms with van der Waals surface area (Å²) in [5, 5.41) is 2.82. The number of carbonyl (C=O) groups excluding carboxylic acids is 1. The molecule has 0 unspecified atom stereocenters. The van der Waals surface area contributed by atoms with E-state index in [2.05, 4.69) is 15.3 Å². The van der Waals surface area contributed by atoms with Gasteiger partial charge in [-0.15, -0.1) is 0 Å². The van der Waals surface area contributed by atoms with Gasteiger partial charge in [0.05, 0.1) is 19.6 Å². The Kier molecular flexibility index (Phi) is 3.96. The minimum Gasteiger partial charge on any atom is -0.496 e. The number of nitrogens with one attached hydrogen (secondary N) is 2. The lowest BCUT2D eigenvalue weighted by Gasteiger charge is -2.08. The molecule has 1 aromatic heterocycles. The molecule has 0 saturated carbocycles. The van der Waals surface area contributed by atoms with Gasteiger partial charge in [-0.25, -0.2) is 4.98 Å². The molecule has 0 atom stereocenters. The monoisotopic (exact) mass is 245 g/mol. The van der Waals surface area contributed by atoms with E-state index in [9.17, 15) is 4.79 Å². The molecule has 5 nitrogen and oxygen atoms in total. The second-order valence-corrected chi connectivity index (χ2v) is 3.78. The van der Waals surface area contributed by atoms with Crippen molar-refractivity contribution in [2.24, 2.45) is 0 Å². The maximum atomic E-state index is 11.6. The Labute approximate surface area is 105 Å². The van der Waals surface area contributed by atoms with E-state index in [0.717, 1.165) is 17.7 Å². The lowest BCUT2D eigenvalue weighted by Crippen LogP contribution is -2.26. The van der Waals surface area contributed by atoms with E-state index in [1.807, 2.05) is 24.3 Å². The SMILES string of the molecule is COc1ccccc1CCNC(=O)c1cnc[nH]1. The number of methoxy groups -OCH3 is 1. The van der Waals surface area contributed by atoms with Gasteiger partial charge in [0.1, 0.15) is 11.4 Å². The Morgan fingerprint density at radius 2 is 2.28 bits per heavy atom. The summed E-state index contributed by atoms with van der Waals surface area (Å²) in [6.45, 7) is 0.554. The van der Waals surface area contributed by atoms with Crippen molar-refractivity contribution < 1.29 is 9.53 Å². The molecule has 1 aromatic carbocycles. The van der Waals surface area contributed by atoms with Gasteiger partial charge in [-0.1, -0.05) is 18.2 Å². The number of amides is 1. The molecule has 2 N–H and O–H groups in total. The second kappa shape index (κ2) is 5.86. The first-order valence-corrected chi connectivity index (χ1v) is 5.69. The Balaban J connectivity index is 1.87. The van der Waals surface area contributed by atoms with Crippen LogP contribution in [0.15, 0.2) is 36.8 Å². The molecule has 0 bridgehead atoms. The number of H-pyrrole nitrogens is 1. The number of aromatic amines is 1. The molecular weight excluding hydrogens is 230 g/mol. The zero-order valence-electron chi connectivity index (χ0n) is 10.1. The van der Waals surface area contributed by atoms with Gasteiger partial charge in [0.25, 0.3) is 5.91 Å². The fraction of sp³-hybridized carbons (Fsp3) is 0.231. The first-order chi connectivity index (χ1) is 8.81. The number of hydrogen-bond donors (Lipinski definition) is 2. The lowest BCUT2D eigenvalue weighted by atomic mass is 10.1. The second-order valence-electron chi connectivity index (χ2n) is 3.78. The highest BCUT2D eigenvalue weighted by molar-refractivity contribution is 5.91. The van der Waals surface area contributed by atoms with E-state index in [1.165, 1.54) is 12.5 Å².